The van der Waals surface area contributed by atoms with Gasteiger partial charge in [0.25, 0.3) is 0 Å². The lowest BCUT2D eigenvalue weighted by molar-refractivity contribution is -0.384. The summed E-state index contributed by atoms with van der Waals surface area (Å²) in [5.41, 5.74) is 6.53. The minimum Gasteiger partial charge on any atom is -0.362 e. The zero-order valence-electron chi connectivity index (χ0n) is 12.3. The van der Waals surface area contributed by atoms with Crippen LogP contribution in [0.3, 0.4) is 0 Å². The predicted molar refractivity (Wildman–Crippen MR) is 77.8 cm³/mol. The first-order valence-corrected chi connectivity index (χ1v) is 7.13. The molecule has 7 nitrogen and oxygen atoms in total. The predicted octanol–water partition coefficient (Wildman–Crippen LogP) is 2.13. The summed E-state index contributed by atoms with van der Waals surface area (Å²) in [6.45, 7) is 3.83. The van der Waals surface area contributed by atoms with Gasteiger partial charge in [-0.15, -0.1) is 0 Å². The fourth-order valence-electron chi connectivity index (χ4n) is 2.72. The number of nitro groups is 1. The number of hydrogen-bond acceptors (Lipinski definition) is 5. The van der Waals surface area contributed by atoms with Gasteiger partial charge in [0, 0.05) is 25.0 Å². The van der Waals surface area contributed by atoms with Crippen LogP contribution in [-0.2, 0) is 7.05 Å². The van der Waals surface area contributed by atoms with Crippen molar-refractivity contribution in [3.05, 3.63) is 15.8 Å². The van der Waals surface area contributed by atoms with Crippen LogP contribution < -0.4 is 11.1 Å². The fourth-order valence-corrected chi connectivity index (χ4v) is 2.72. The maximum absolute atomic E-state index is 11.3. The molecule has 0 radical (unpaired) electrons. The van der Waals surface area contributed by atoms with Crippen LogP contribution in [0.4, 0.5) is 11.5 Å². The molecule has 0 atom stereocenters. The first-order valence-electron chi connectivity index (χ1n) is 7.13. The van der Waals surface area contributed by atoms with E-state index in [0.29, 0.717) is 11.5 Å². The highest BCUT2D eigenvalue weighted by molar-refractivity contribution is 5.61. The second kappa shape index (κ2) is 5.78. The Morgan fingerprint density at radius 2 is 2.00 bits per heavy atom. The highest BCUT2D eigenvalue weighted by Gasteiger charge is 2.30. The SMILES string of the molecule is CC(C)c1nn(C)c(NC2CCC(N)CC2)c1[N+](=O)[O-]. The van der Waals surface area contributed by atoms with Crippen molar-refractivity contribution in [2.75, 3.05) is 5.32 Å². The molecule has 1 saturated carbocycles. The summed E-state index contributed by atoms with van der Waals surface area (Å²) in [5.74, 6) is 0.538. The number of anilines is 1. The standard InChI is InChI=1S/C13H23N5O2/c1-8(2)11-12(18(19)20)13(17(3)16-11)15-10-6-4-9(14)5-7-10/h8-10,15H,4-7,14H2,1-3H3. The number of aryl methyl sites for hydroxylation is 1. The van der Waals surface area contributed by atoms with Gasteiger partial charge in [-0.05, 0) is 25.7 Å². The Balaban J connectivity index is 2.24. The second-order valence-corrected chi connectivity index (χ2v) is 5.87. The molecule has 112 valence electrons. The van der Waals surface area contributed by atoms with Crippen molar-refractivity contribution < 1.29 is 4.92 Å². The van der Waals surface area contributed by atoms with Crippen molar-refractivity contribution in [2.24, 2.45) is 12.8 Å². The summed E-state index contributed by atoms with van der Waals surface area (Å²) in [4.78, 5) is 11.0. The van der Waals surface area contributed by atoms with Crippen molar-refractivity contribution in [1.82, 2.24) is 9.78 Å². The minimum atomic E-state index is -0.334. The fraction of sp³-hybridized carbons (Fsp3) is 0.769. The lowest BCUT2D eigenvalue weighted by atomic mass is 9.92. The normalized spacial score (nSPS) is 23.1. The molecule has 0 spiro atoms. The van der Waals surface area contributed by atoms with Gasteiger partial charge in [0.15, 0.2) is 0 Å². The molecule has 1 aromatic heterocycles. The monoisotopic (exact) mass is 281 g/mol. The number of aromatic nitrogens is 2. The van der Waals surface area contributed by atoms with Crippen molar-refractivity contribution in [3.63, 3.8) is 0 Å². The van der Waals surface area contributed by atoms with Crippen LogP contribution in [0.15, 0.2) is 0 Å². The summed E-state index contributed by atoms with van der Waals surface area (Å²) in [6, 6.07) is 0.504. The molecular formula is C13H23N5O2. The van der Waals surface area contributed by atoms with Gasteiger partial charge in [-0.25, -0.2) is 4.68 Å². The van der Waals surface area contributed by atoms with Crippen LogP contribution in [0, 0.1) is 10.1 Å². The van der Waals surface area contributed by atoms with E-state index in [0.717, 1.165) is 25.7 Å². The Kier molecular flexibility index (Phi) is 4.27. The average Bonchev–Trinajstić information content (AvgIpc) is 2.70. The van der Waals surface area contributed by atoms with Crippen molar-refractivity contribution >= 4 is 11.5 Å². The average molecular weight is 281 g/mol. The Labute approximate surface area is 118 Å². The maximum atomic E-state index is 11.3. The molecule has 0 unspecified atom stereocenters. The van der Waals surface area contributed by atoms with Crippen molar-refractivity contribution in [2.45, 2.75) is 57.5 Å². The summed E-state index contributed by atoms with van der Waals surface area (Å²) in [5, 5.41) is 18.9. The molecule has 1 aliphatic rings. The largest absolute Gasteiger partial charge is 0.362 e. The van der Waals surface area contributed by atoms with E-state index >= 15 is 0 Å². The second-order valence-electron chi connectivity index (χ2n) is 5.87. The first kappa shape index (κ1) is 14.8. The zero-order valence-corrected chi connectivity index (χ0v) is 12.3. The molecule has 1 heterocycles. The van der Waals surface area contributed by atoms with Gasteiger partial charge in [-0.3, -0.25) is 10.1 Å². The molecule has 0 aliphatic heterocycles. The van der Waals surface area contributed by atoms with E-state index in [2.05, 4.69) is 10.4 Å². The van der Waals surface area contributed by atoms with Crippen molar-refractivity contribution in [1.29, 1.82) is 0 Å². The number of rotatable bonds is 4. The van der Waals surface area contributed by atoms with Gasteiger partial charge >= 0.3 is 5.69 Å². The summed E-state index contributed by atoms with van der Waals surface area (Å²) < 4.78 is 1.59. The smallest absolute Gasteiger partial charge is 0.334 e. The topological polar surface area (TPSA) is 99.0 Å². The molecule has 20 heavy (non-hydrogen) atoms. The van der Waals surface area contributed by atoms with E-state index in [-0.39, 0.29) is 28.6 Å². The van der Waals surface area contributed by atoms with Gasteiger partial charge in [-0.2, -0.15) is 5.10 Å². The molecule has 1 aromatic rings. The highest BCUT2D eigenvalue weighted by Crippen LogP contribution is 2.34. The Bertz CT molecular complexity index is 489. The molecule has 3 N–H and O–H groups in total. The van der Waals surface area contributed by atoms with Crippen LogP contribution in [0.1, 0.15) is 51.1 Å². The van der Waals surface area contributed by atoms with Crippen LogP contribution in [0.2, 0.25) is 0 Å². The van der Waals surface area contributed by atoms with Gasteiger partial charge in [0.05, 0.1) is 4.92 Å². The van der Waals surface area contributed by atoms with E-state index < -0.39 is 0 Å². The van der Waals surface area contributed by atoms with Gasteiger partial charge in [0.2, 0.25) is 5.82 Å². The van der Waals surface area contributed by atoms with E-state index in [9.17, 15) is 10.1 Å². The summed E-state index contributed by atoms with van der Waals surface area (Å²) in [7, 11) is 1.75. The molecule has 1 aliphatic carbocycles. The third-order valence-electron chi connectivity index (χ3n) is 3.89. The van der Waals surface area contributed by atoms with E-state index in [1.54, 1.807) is 11.7 Å². The molecule has 0 aromatic carbocycles. The van der Waals surface area contributed by atoms with Gasteiger partial charge < -0.3 is 11.1 Å². The molecule has 1 fully saturated rings. The Morgan fingerprint density at radius 1 is 1.40 bits per heavy atom. The summed E-state index contributed by atoms with van der Waals surface area (Å²) in [6.07, 6.45) is 3.81. The third kappa shape index (κ3) is 2.92. The van der Waals surface area contributed by atoms with Gasteiger partial charge in [0.1, 0.15) is 5.69 Å². The van der Waals surface area contributed by atoms with Crippen LogP contribution in [0.25, 0.3) is 0 Å². The molecular weight excluding hydrogens is 258 g/mol. The van der Waals surface area contributed by atoms with E-state index in [4.69, 9.17) is 5.73 Å². The summed E-state index contributed by atoms with van der Waals surface area (Å²) >= 11 is 0. The van der Waals surface area contributed by atoms with Gasteiger partial charge in [-0.1, -0.05) is 13.8 Å². The lowest BCUT2D eigenvalue weighted by Crippen LogP contribution is -2.33. The molecule has 0 bridgehead atoms. The number of nitrogens with one attached hydrogen (secondary N) is 1. The molecule has 0 saturated heterocycles. The zero-order chi connectivity index (χ0) is 14.9. The van der Waals surface area contributed by atoms with Crippen LogP contribution in [-0.4, -0.2) is 26.8 Å². The van der Waals surface area contributed by atoms with Crippen LogP contribution in [0.5, 0.6) is 0 Å². The quantitative estimate of drug-likeness (QED) is 0.650. The Morgan fingerprint density at radius 3 is 2.50 bits per heavy atom. The first-order chi connectivity index (χ1) is 9.40. The number of nitrogens with zero attached hydrogens (tertiary/aromatic N) is 3. The number of nitrogens with two attached hydrogens (primary N) is 1. The minimum absolute atomic E-state index is 0.0249. The molecule has 2 rings (SSSR count). The third-order valence-corrected chi connectivity index (χ3v) is 3.89. The molecule has 7 heteroatoms. The molecule has 0 amide bonds. The lowest BCUT2D eigenvalue weighted by Gasteiger charge is -2.27. The maximum Gasteiger partial charge on any atom is 0.334 e. The number of hydrogen-bond donors (Lipinski definition) is 2. The Hall–Kier alpha value is -1.63. The van der Waals surface area contributed by atoms with Crippen molar-refractivity contribution in [3.8, 4) is 0 Å². The van der Waals surface area contributed by atoms with E-state index in [1.165, 1.54) is 0 Å². The van der Waals surface area contributed by atoms with E-state index in [1.807, 2.05) is 13.8 Å². The highest BCUT2D eigenvalue weighted by atomic mass is 16.6. The van der Waals surface area contributed by atoms with Crippen LogP contribution >= 0.6 is 0 Å².